The van der Waals surface area contributed by atoms with Crippen LogP contribution in [0.15, 0.2) is 30.3 Å². The zero-order chi connectivity index (χ0) is 15.5. The van der Waals surface area contributed by atoms with Gasteiger partial charge in [0.15, 0.2) is 5.82 Å². The molecule has 0 aliphatic rings. The molecule has 0 radical (unpaired) electrons. The van der Waals surface area contributed by atoms with Gasteiger partial charge in [-0.05, 0) is 6.42 Å². The molecular formula is C12H14N4O4S. The van der Waals surface area contributed by atoms with Crippen LogP contribution in [0.1, 0.15) is 18.2 Å². The molecule has 0 unspecified atom stereocenters. The first-order chi connectivity index (χ1) is 9.91. The van der Waals surface area contributed by atoms with Crippen LogP contribution in [0, 0.1) is 10.1 Å². The van der Waals surface area contributed by atoms with Crippen molar-refractivity contribution in [1.29, 1.82) is 0 Å². The second kappa shape index (κ2) is 5.92. The molecule has 21 heavy (non-hydrogen) atoms. The van der Waals surface area contributed by atoms with Crippen molar-refractivity contribution in [3.05, 3.63) is 51.7 Å². The molecule has 112 valence electrons. The number of aromatic nitrogens is 2. The highest BCUT2D eigenvalue weighted by Gasteiger charge is 2.20. The third-order valence-corrected chi connectivity index (χ3v) is 4.02. The lowest BCUT2D eigenvalue weighted by Crippen LogP contribution is -2.16. The topological polar surface area (TPSA) is 118 Å². The Bertz CT molecular complexity index is 754. The standard InChI is InChI=1S/C12H14N4O4S/c1-2-10-7-12(14-13-10)15-21(19,20)8-9-5-3-4-6-11(9)16(17)18/h3-7H,2,8H2,1H3,(H2,13,14,15). The van der Waals surface area contributed by atoms with Crippen molar-refractivity contribution < 1.29 is 13.3 Å². The molecule has 1 aromatic carbocycles. The number of rotatable bonds is 6. The lowest BCUT2D eigenvalue weighted by Gasteiger charge is -2.05. The van der Waals surface area contributed by atoms with E-state index in [1.54, 1.807) is 12.1 Å². The molecule has 0 saturated heterocycles. The Morgan fingerprint density at radius 3 is 2.71 bits per heavy atom. The smallest absolute Gasteiger partial charge is 0.273 e. The lowest BCUT2D eigenvalue weighted by molar-refractivity contribution is -0.385. The predicted molar refractivity (Wildman–Crippen MR) is 77.3 cm³/mol. The summed E-state index contributed by atoms with van der Waals surface area (Å²) in [6.07, 6.45) is 0.693. The first-order valence-corrected chi connectivity index (χ1v) is 7.83. The van der Waals surface area contributed by atoms with Gasteiger partial charge in [0, 0.05) is 23.4 Å². The van der Waals surface area contributed by atoms with Gasteiger partial charge in [0.25, 0.3) is 5.69 Å². The maximum absolute atomic E-state index is 12.1. The number of anilines is 1. The number of nitrogens with one attached hydrogen (secondary N) is 2. The zero-order valence-corrected chi connectivity index (χ0v) is 12.1. The average molecular weight is 310 g/mol. The third kappa shape index (κ3) is 3.78. The zero-order valence-electron chi connectivity index (χ0n) is 11.2. The number of benzene rings is 1. The fourth-order valence-electron chi connectivity index (χ4n) is 1.81. The Morgan fingerprint density at radius 2 is 2.10 bits per heavy atom. The summed E-state index contributed by atoms with van der Waals surface area (Å²) < 4.78 is 26.4. The summed E-state index contributed by atoms with van der Waals surface area (Å²) in [7, 11) is -3.78. The second-order valence-electron chi connectivity index (χ2n) is 4.38. The molecule has 8 nitrogen and oxygen atoms in total. The van der Waals surface area contributed by atoms with Gasteiger partial charge in [-0.3, -0.25) is 19.9 Å². The number of aryl methyl sites for hydroxylation is 1. The Hall–Kier alpha value is -2.42. The van der Waals surface area contributed by atoms with Gasteiger partial charge < -0.3 is 0 Å². The van der Waals surface area contributed by atoms with E-state index in [9.17, 15) is 18.5 Å². The van der Waals surface area contributed by atoms with Crippen LogP contribution >= 0.6 is 0 Å². The largest absolute Gasteiger partial charge is 0.280 e. The molecule has 2 N–H and O–H groups in total. The van der Waals surface area contributed by atoms with Crippen LogP contribution < -0.4 is 4.72 Å². The van der Waals surface area contributed by atoms with Crippen LogP contribution in [0.2, 0.25) is 0 Å². The number of nitrogens with zero attached hydrogens (tertiary/aromatic N) is 2. The van der Waals surface area contributed by atoms with E-state index in [1.165, 1.54) is 18.2 Å². The minimum atomic E-state index is -3.78. The minimum Gasteiger partial charge on any atom is -0.280 e. The molecule has 0 spiro atoms. The average Bonchev–Trinajstić information content (AvgIpc) is 2.85. The van der Waals surface area contributed by atoms with Crippen LogP contribution in [0.4, 0.5) is 11.5 Å². The van der Waals surface area contributed by atoms with Gasteiger partial charge in [-0.25, -0.2) is 8.42 Å². The molecule has 0 bridgehead atoms. The molecule has 2 rings (SSSR count). The fraction of sp³-hybridized carbons (Fsp3) is 0.250. The number of H-pyrrole nitrogens is 1. The Kier molecular flexibility index (Phi) is 4.22. The van der Waals surface area contributed by atoms with Gasteiger partial charge in [-0.2, -0.15) is 5.10 Å². The summed E-state index contributed by atoms with van der Waals surface area (Å²) in [5, 5.41) is 17.4. The lowest BCUT2D eigenvalue weighted by atomic mass is 10.2. The Balaban J connectivity index is 2.20. The maximum atomic E-state index is 12.1. The van der Waals surface area contributed by atoms with Crippen molar-refractivity contribution in [3.63, 3.8) is 0 Å². The third-order valence-electron chi connectivity index (χ3n) is 2.81. The molecule has 2 aromatic rings. The maximum Gasteiger partial charge on any atom is 0.273 e. The summed E-state index contributed by atoms with van der Waals surface area (Å²) in [6.45, 7) is 1.90. The van der Waals surface area contributed by atoms with Crippen LogP contribution in [-0.4, -0.2) is 23.5 Å². The van der Waals surface area contributed by atoms with Crippen LogP contribution in [0.5, 0.6) is 0 Å². The summed E-state index contributed by atoms with van der Waals surface area (Å²) in [5.41, 5.74) is 0.693. The van der Waals surface area contributed by atoms with Gasteiger partial charge in [0.2, 0.25) is 10.0 Å². The predicted octanol–water partition coefficient (Wildman–Crippen LogP) is 1.82. The van der Waals surface area contributed by atoms with Gasteiger partial charge in [-0.1, -0.05) is 25.1 Å². The van der Waals surface area contributed by atoms with Gasteiger partial charge >= 0.3 is 0 Å². The number of sulfonamides is 1. The molecule has 1 heterocycles. The van der Waals surface area contributed by atoms with E-state index in [4.69, 9.17) is 0 Å². The Labute approximate surface area is 121 Å². The van der Waals surface area contributed by atoms with Crippen LogP contribution in [0.25, 0.3) is 0 Å². The summed E-state index contributed by atoms with van der Waals surface area (Å²) in [6, 6.07) is 7.31. The van der Waals surface area contributed by atoms with Crippen LogP contribution in [0.3, 0.4) is 0 Å². The molecule has 0 atom stereocenters. The van der Waals surface area contributed by atoms with E-state index in [2.05, 4.69) is 14.9 Å². The van der Waals surface area contributed by atoms with Gasteiger partial charge in [0.05, 0.1) is 4.92 Å². The first-order valence-electron chi connectivity index (χ1n) is 6.18. The first kappa shape index (κ1) is 15.0. The number of hydrogen-bond donors (Lipinski definition) is 2. The van der Waals surface area contributed by atoms with E-state index in [0.717, 1.165) is 5.69 Å². The quantitative estimate of drug-likeness (QED) is 0.623. The highest BCUT2D eigenvalue weighted by molar-refractivity contribution is 7.91. The van der Waals surface area contributed by atoms with E-state index >= 15 is 0 Å². The summed E-state index contributed by atoms with van der Waals surface area (Å²) in [5.74, 6) is -0.316. The van der Waals surface area contributed by atoms with E-state index in [0.29, 0.717) is 6.42 Å². The van der Waals surface area contributed by atoms with Gasteiger partial charge in [-0.15, -0.1) is 0 Å². The van der Waals surface area contributed by atoms with Crippen molar-refractivity contribution in [3.8, 4) is 0 Å². The number of aromatic amines is 1. The molecule has 1 aromatic heterocycles. The number of para-hydroxylation sites is 1. The van der Waals surface area contributed by atoms with E-state index in [-0.39, 0.29) is 17.1 Å². The molecule has 0 amide bonds. The fourth-order valence-corrected chi connectivity index (χ4v) is 2.96. The molecular weight excluding hydrogens is 296 g/mol. The SMILES string of the molecule is CCc1cc(NS(=O)(=O)Cc2ccccc2[N+](=O)[O-])n[nH]1. The molecule has 0 aliphatic heterocycles. The molecule has 0 saturated carbocycles. The highest BCUT2D eigenvalue weighted by atomic mass is 32.2. The van der Waals surface area contributed by atoms with E-state index in [1.807, 2.05) is 6.92 Å². The van der Waals surface area contributed by atoms with Crippen molar-refractivity contribution in [2.75, 3.05) is 4.72 Å². The molecule has 0 aliphatic carbocycles. The number of hydrogen-bond acceptors (Lipinski definition) is 5. The highest BCUT2D eigenvalue weighted by Crippen LogP contribution is 2.21. The van der Waals surface area contributed by atoms with Crippen molar-refractivity contribution in [1.82, 2.24) is 10.2 Å². The van der Waals surface area contributed by atoms with Crippen molar-refractivity contribution in [2.45, 2.75) is 19.1 Å². The normalized spacial score (nSPS) is 11.3. The molecule has 9 heteroatoms. The number of nitro groups is 1. The van der Waals surface area contributed by atoms with Gasteiger partial charge in [0.1, 0.15) is 5.75 Å². The minimum absolute atomic E-state index is 0.126. The van der Waals surface area contributed by atoms with Crippen molar-refractivity contribution >= 4 is 21.5 Å². The Morgan fingerprint density at radius 1 is 1.38 bits per heavy atom. The molecule has 0 fully saturated rings. The monoisotopic (exact) mass is 310 g/mol. The van der Waals surface area contributed by atoms with E-state index < -0.39 is 20.7 Å². The van der Waals surface area contributed by atoms with Crippen LogP contribution in [-0.2, 0) is 22.2 Å². The van der Waals surface area contributed by atoms with Crippen molar-refractivity contribution in [2.24, 2.45) is 0 Å². The summed E-state index contributed by atoms with van der Waals surface area (Å²) >= 11 is 0. The summed E-state index contributed by atoms with van der Waals surface area (Å²) in [4.78, 5) is 10.3. The second-order valence-corrected chi connectivity index (χ2v) is 6.10. The number of nitro benzene ring substituents is 1.